The van der Waals surface area contributed by atoms with Gasteiger partial charge in [-0.1, -0.05) is 11.6 Å². The number of benzene rings is 1. The molecule has 1 aliphatic heterocycles. The molecular formula is C19H16ClN3O3. The lowest BCUT2D eigenvalue weighted by Crippen LogP contribution is -2.38. The van der Waals surface area contributed by atoms with Crippen molar-refractivity contribution in [3.05, 3.63) is 65.2 Å². The normalized spacial score (nSPS) is 16.5. The Morgan fingerprint density at radius 1 is 1.35 bits per heavy atom. The standard InChI is InChI=1S/C19H16ClN3O3/c1-11(24)23-17(10-16(22-23)18-4-3-7-26-18)14-8-12-5-6-13(25-2)9-15(12)21-19(14)20/h3-10,17,22H,1-2H3/t17-/m1/s1. The summed E-state index contributed by atoms with van der Waals surface area (Å²) in [6.07, 6.45) is 3.49. The summed E-state index contributed by atoms with van der Waals surface area (Å²) in [7, 11) is 1.60. The number of nitrogens with one attached hydrogen (secondary N) is 1. The molecule has 1 atom stereocenters. The topological polar surface area (TPSA) is 67.6 Å². The second-order valence-electron chi connectivity index (χ2n) is 5.93. The molecule has 1 amide bonds. The summed E-state index contributed by atoms with van der Waals surface area (Å²) in [5, 5.41) is 2.75. The molecule has 6 nitrogen and oxygen atoms in total. The van der Waals surface area contributed by atoms with Crippen LogP contribution in [0.25, 0.3) is 16.6 Å². The van der Waals surface area contributed by atoms with Crippen LogP contribution in [-0.4, -0.2) is 23.0 Å². The molecule has 1 aliphatic rings. The van der Waals surface area contributed by atoms with Gasteiger partial charge in [-0.3, -0.25) is 10.2 Å². The van der Waals surface area contributed by atoms with Crippen LogP contribution in [0.3, 0.4) is 0 Å². The SMILES string of the molecule is COc1ccc2cc([C@H]3C=C(c4ccco4)NN3C(C)=O)c(Cl)nc2c1. The first-order valence-corrected chi connectivity index (χ1v) is 8.41. The Balaban J connectivity index is 1.81. The van der Waals surface area contributed by atoms with Gasteiger partial charge in [0.15, 0.2) is 5.76 Å². The molecule has 4 rings (SSSR count). The van der Waals surface area contributed by atoms with Gasteiger partial charge in [0.05, 0.1) is 24.6 Å². The van der Waals surface area contributed by atoms with Crippen LogP contribution in [-0.2, 0) is 4.79 Å². The Hall–Kier alpha value is -2.99. The molecule has 2 aromatic heterocycles. The lowest BCUT2D eigenvalue weighted by atomic mass is 10.0. The average molecular weight is 370 g/mol. The summed E-state index contributed by atoms with van der Waals surface area (Å²) in [5.41, 5.74) is 5.25. The fourth-order valence-electron chi connectivity index (χ4n) is 3.02. The third-order valence-corrected chi connectivity index (χ3v) is 4.60. The van der Waals surface area contributed by atoms with Crippen LogP contribution in [0, 0.1) is 0 Å². The van der Waals surface area contributed by atoms with Crippen LogP contribution >= 0.6 is 11.6 Å². The van der Waals surface area contributed by atoms with E-state index in [9.17, 15) is 4.79 Å². The number of hydrogen-bond donors (Lipinski definition) is 1. The second-order valence-corrected chi connectivity index (χ2v) is 6.29. The van der Waals surface area contributed by atoms with E-state index in [1.165, 1.54) is 11.9 Å². The van der Waals surface area contributed by atoms with Crippen LogP contribution in [0.4, 0.5) is 0 Å². The number of hydrogen-bond acceptors (Lipinski definition) is 5. The zero-order valence-corrected chi connectivity index (χ0v) is 14.9. The largest absolute Gasteiger partial charge is 0.497 e. The fraction of sp³-hybridized carbons (Fsp3) is 0.158. The highest BCUT2D eigenvalue weighted by Gasteiger charge is 2.31. The van der Waals surface area contributed by atoms with Gasteiger partial charge in [0.2, 0.25) is 5.91 Å². The van der Waals surface area contributed by atoms with Crippen LogP contribution in [0.5, 0.6) is 5.75 Å². The van der Waals surface area contributed by atoms with Crippen molar-refractivity contribution in [2.45, 2.75) is 13.0 Å². The number of ether oxygens (including phenoxy) is 1. The second kappa shape index (κ2) is 6.38. The van der Waals surface area contributed by atoms with Crippen LogP contribution in [0.2, 0.25) is 5.15 Å². The number of halogens is 1. The number of methoxy groups -OCH3 is 1. The van der Waals surface area contributed by atoms with E-state index in [1.807, 2.05) is 36.4 Å². The van der Waals surface area contributed by atoms with Crippen molar-refractivity contribution in [2.24, 2.45) is 0 Å². The minimum absolute atomic E-state index is 0.140. The predicted octanol–water partition coefficient (Wildman–Crippen LogP) is 3.94. The first-order chi connectivity index (χ1) is 12.6. The molecule has 26 heavy (non-hydrogen) atoms. The predicted molar refractivity (Wildman–Crippen MR) is 98.4 cm³/mol. The number of carbonyl (C=O) groups excluding carboxylic acids is 1. The van der Waals surface area contributed by atoms with Crippen molar-refractivity contribution in [1.29, 1.82) is 0 Å². The first kappa shape index (κ1) is 16.5. The third-order valence-electron chi connectivity index (χ3n) is 4.29. The molecule has 0 radical (unpaired) electrons. The summed E-state index contributed by atoms with van der Waals surface area (Å²) in [6, 6.07) is 10.8. The number of nitrogens with zero attached hydrogens (tertiary/aromatic N) is 2. The first-order valence-electron chi connectivity index (χ1n) is 8.03. The number of pyridine rings is 1. The molecule has 132 valence electrons. The van der Waals surface area contributed by atoms with Gasteiger partial charge in [-0.05, 0) is 36.4 Å². The van der Waals surface area contributed by atoms with E-state index in [0.717, 1.165) is 16.5 Å². The van der Waals surface area contributed by atoms with Gasteiger partial charge in [0.1, 0.15) is 16.9 Å². The molecule has 3 heterocycles. The van der Waals surface area contributed by atoms with Gasteiger partial charge in [-0.2, -0.15) is 0 Å². The zero-order valence-electron chi connectivity index (χ0n) is 14.2. The maximum absolute atomic E-state index is 12.1. The molecule has 1 aromatic carbocycles. The lowest BCUT2D eigenvalue weighted by Gasteiger charge is -2.24. The number of rotatable bonds is 3. The van der Waals surface area contributed by atoms with E-state index in [2.05, 4.69) is 10.4 Å². The number of carbonyl (C=O) groups is 1. The van der Waals surface area contributed by atoms with Crippen molar-refractivity contribution in [3.8, 4) is 5.75 Å². The molecule has 3 aromatic rings. The highest BCUT2D eigenvalue weighted by Crippen LogP contribution is 2.36. The van der Waals surface area contributed by atoms with E-state index in [1.54, 1.807) is 19.4 Å². The molecule has 0 bridgehead atoms. The van der Waals surface area contributed by atoms with Crippen molar-refractivity contribution in [3.63, 3.8) is 0 Å². The summed E-state index contributed by atoms with van der Waals surface area (Å²) < 4.78 is 10.7. The van der Waals surface area contributed by atoms with Crippen molar-refractivity contribution < 1.29 is 13.9 Å². The Morgan fingerprint density at radius 2 is 2.19 bits per heavy atom. The van der Waals surface area contributed by atoms with E-state index in [-0.39, 0.29) is 11.9 Å². The Kier molecular flexibility index (Phi) is 4.05. The summed E-state index contributed by atoms with van der Waals surface area (Å²) in [4.78, 5) is 16.6. The van der Waals surface area contributed by atoms with Gasteiger partial charge in [0, 0.05) is 23.9 Å². The van der Waals surface area contributed by atoms with Crippen LogP contribution in [0.15, 0.2) is 53.2 Å². The molecule has 0 aliphatic carbocycles. The number of furan rings is 1. The van der Waals surface area contributed by atoms with E-state index in [4.69, 9.17) is 20.8 Å². The van der Waals surface area contributed by atoms with E-state index >= 15 is 0 Å². The maximum atomic E-state index is 12.1. The van der Waals surface area contributed by atoms with Crippen molar-refractivity contribution in [1.82, 2.24) is 15.4 Å². The molecule has 7 heteroatoms. The number of fused-ring (bicyclic) bond motifs is 1. The van der Waals surface area contributed by atoms with E-state index in [0.29, 0.717) is 22.4 Å². The molecule has 1 N–H and O–H groups in total. The van der Waals surface area contributed by atoms with E-state index < -0.39 is 0 Å². The van der Waals surface area contributed by atoms with Crippen molar-refractivity contribution in [2.75, 3.05) is 7.11 Å². The number of aromatic nitrogens is 1. The smallest absolute Gasteiger partial charge is 0.238 e. The lowest BCUT2D eigenvalue weighted by molar-refractivity contribution is -0.132. The molecule has 0 saturated carbocycles. The Labute approximate surface area is 155 Å². The Morgan fingerprint density at radius 3 is 2.88 bits per heavy atom. The highest BCUT2D eigenvalue weighted by molar-refractivity contribution is 6.30. The molecule has 0 fully saturated rings. The number of hydrazine groups is 1. The number of amides is 1. The monoisotopic (exact) mass is 369 g/mol. The maximum Gasteiger partial charge on any atom is 0.238 e. The molecule has 0 unspecified atom stereocenters. The van der Waals surface area contributed by atoms with Gasteiger partial charge in [-0.25, -0.2) is 9.99 Å². The minimum atomic E-state index is -0.390. The third kappa shape index (κ3) is 2.78. The quantitative estimate of drug-likeness (QED) is 0.708. The fourth-order valence-corrected chi connectivity index (χ4v) is 3.27. The van der Waals surface area contributed by atoms with Gasteiger partial charge in [0.25, 0.3) is 0 Å². The van der Waals surface area contributed by atoms with Crippen LogP contribution < -0.4 is 10.2 Å². The average Bonchev–Trinajstić information content (AvgIpc) is 3.30. The Bertz CT molecular complexity index is 1010. The van der Waals surface area contributed by atoms with Gasteiger partial charge in [-0.15, -0.1) is 0 Å². The summed E-state index contributed by atoms with van der Waals surface area (Å²) in [5.74, 6) is 1.22. The summed E-state index contributed by atoms with van der Waals surface area (Å²) in [6.45, 7) is 1.49. The van der Waals surface area contributed by atoms with Crippen molar-refractivity contribution >= 4 is 34.1 Å². The highest BCUT2D eigenvalue weighted by atomic mass is 35.5. The van der Waals surface area contributed by atoms with Gasteiger partial charge >= 0.3 is 0 Å². The summed E-state index contributed by atoms with van der Waals surface area (Å²) >= 11 is 6.45. The molecular weight excluding hydrogens is 354 g/mol. The van der Waals surface area contributed by atoms with Crippen LogP contribution in [0.1, 0.15) is 24.3 Å². The molecule has 0 saturated heterocycles. The zero-order chi connectivity index (χ0) is 18.3. The molecule has 0 spiro atoms. The minimum Gasteiger partial charge on any atom is -0.497 e. The van der Waals surface area contributed by atoms with Gasteiger partial charge < -0.3 is 9.15 Å².